The lowest BCUT2D eigenvalue weighted by Gasteiger charge is -2.15. The molecule has 92 valence electrons. The Labute approximate surface area is 103 Å². The van der Waals surface area contributed by atoms with Crippen molar-refractivity contribution in [1.29, 1.82) is 0 Å². The number of ether oxygens (including phenoxy) is 1. The van der Waals surface area contributed by atoms with Gasteiger partial charge in [0.05, 0.1) is 7.11 Å². The Hall–Kier alpha value is -1.77. The van der Waals surface area contributed by atoms with Crippen LogP contribution in [-0.2, 0) is 11.3 Å². The summed E-state index contributed by atoms with van der Waals surface area (Å²) in [6.07, 6.45) is 4.35. The summed E-state index contributed by atoms with van der Waals surface area (Å²) in [4.78, 5) is 13.4. The molecule has 1 amide bonds. The molecule has 0 heterocycles. The predicted octanol–water partition coefficient (Wildman–Crippen LogP) is 2.62. The van der Waals surface area contributed by atoms with Crippen LogP contribution in [0.4, 0.5) is 0 Å². The van der Waals surface area contributed by atoms with Crippen LogP contribution >= 0.6 is 0 Å². The number of nitrogens with zero attached hydrogens (tertiary/aromatic N) is 1. The van der Waals surface area contributed by atoms with Gasteiger partial charge in [0.15, 0.2) is 0 Å². The Kier molecular flexibility index (Phi) is 5.27. The van der Waals surface area contributed by atoms with E-state index in [1.165, 1.54) is 0 Å². The maximum atomic E-state index is 11.7. The van der Waals surface area contributed by atoms with Crippen LogP contribution in [0.5, 0.6) is 5.75 Å². The van der Waals surface area contributed by atoms with E-state index in [-0.39, 0.29) is 5.91 Å². The molecule has 0 aliphatic heterocycles. The summed E-state index contributed by atoms with van der Waals surface area (Å²) in [6, 6.07) is 7.74. The molecular weight excluding hydrogens is 214 g/mol. The Bertz CT molecular complexity index is 399. The van der Waals surface area contributed by atoms with E-state index < -0.39 is 0 Å². The van der Waals surface area contributed by atoms with Gasteiger partial charge in [-0.05, 0) is 30.2 Å². The van der Waals surface area contributed by atoms with E-state index in [1.54, 1.807) is 25.1 Å². The lowest BCUT2D eigenvalue weighted by atomic mass is 10.2. The van der Waals surface area contributed by atoms with Crippen molar-refractivity contribution in [2.75, 3.05) is 14.2 Å². The summed E-state index contributed by atoms with van der Waals surface area (Å²) in [6.45, 7) is 2.59. The van der Waals surface area contributed by atoms with Crippen LogP contribution in [-0.4, -0.2) is 25.0 Å². The van der Waals surface area contributed by atoms with Gasteiger partial charge in [-0.15, -0.1) is 0 Å². The van der Waals surface area contributed by atoms with Crippen LogP contribution in [0.3, 0.4) is 0 Å². The molecule has 0 unspecified atom stereocenters. The van der Waals surface area contributed by atoms with E-state index in [1.807, 2.05) is 37.3 Å². The van der Waals surface area contributed by atoms with Gasteiger partial charge in [-0.1, -0.05) is 25.1 Å². The molecule has 1 aromatic rings. The summed E-state index contributed by atoms with van der Waals surface area (Å²) < 4.78 is 5.14. The van der Waals surface area contributed by atoms with Gasteiger partial charge in [0.2, 0.25) is 5.91 Å². The van der Waals surface area contributed by atoms with Gasteiger partial charge in [0, 0.05) is 13.6 Å². The molecule has 0 aromatic heterocycles. The van der Waals surface area contributed by atoms with Crippen LogP contribution in [0.15, 0.2) is 36.4 Å². The van der Waals surface area contributed by atoms with Crippen molar-refractivity contribution >= 4 is 5.91 Å². The minimum Gasteiger partial charge on any atom is -0.497 e. The molecule has 0 radical (unpaired) electrons. The number of rotatable bonds is 5. The quantitative estimate of drug-likeness (QED) is 0.732. The standard InChI is InChI=1S/C14H19NO2/c1-4-5-9-14(16)15(2)11-12-7-6-8-13(10-12)17-3/h5-10H,4,11H2,1-3H3/b9-5+. The molecule has 0 aliphatic carbocycles. The van der Waals surface area contributed by atoms with Crippen LogP contribution in [0, 0.1) is 0 Å². The average Bonchev–Trinajstić information content (AvgIpc) is 2.36. The Morgan fingerprint density at radius 1 is 1.47 bits per heavy atom. The summed E-state index contributed by atoms with van der Waals surface area (Å²) in [7, 11) is 3.43. The van der Waals surface area contributed by atoms with E-state index in [2.05, 4.69) is 0 Å². The van der Waals surface area contributed by atoms with Gasteiger partial charge in [0.1, 0.15) is 5.75 Å². The van der Waals surface area contributed by atoms with Crippen molar-refractivity contribution in [3.63, 3.8) is 0 Å². The highest BCUT2D eigenvalue weighted by Gasteiger charge is 2.05. The van der Waals surface area contributed by atoms with Crippen molar-refractivity contribution in [3.05, 3.63) is 42.0 Å². The van der Waals surface area contributed by atoms with Gasteiger partial charge in [-0.25, -0.2) is 0 Å². The number of methoxy groups -OCH3 is 1. The highest BCUT2D eigenvalue weighted by molar-refractivity contribution is 5.87. The van der Waals surface area contributed by atoms with E-state index >= 15 is 0 Å². The molecule has 0 aliphatic rings. The largest absolute Gasteiger partial charge is 0.497 e. The third kappa shape index (κ3) is 4.31. The molecule has 0 atom stereocenters. The topological polar surface area (TPSA) is 29.5 Å². The zero-order chi connectivity index (χ0) is 12.7. The highest BCUT2D eigenvalue weighted by atomic mass is 16.5. The molecule has 0 spiro atoms. The average molecular weight is 233 g/mol. The molecule has 0 N–H and O–H groups in total. The normalized spacial score (nSPS) is 10.5. The molecule has 1 aromatic carbocycles. The molecule has 3 heteroatoms. The number of carbonyl (C=O) groups is 1. The zero-order valence-corrected chi connectivity index (χ0v) is 10.6. The zero-order valence-electron chi connectivity index (χ0n) is 10.6. The fourth-order valence-corrected chi connectivity index (χ4v) is 1.47. The fraction of sp³-hybridized carbons (Fsp3) is 0.357. The molecule has 0 bridgehead atoms. The minimum atomic E-state index is 0.0228. The second-order valence-electron chi connectivity index (χ2n) is 3.86. The number of allylic oxidation sites excluding steroid dienone is 1. The summed E-state index contributed by atoms with van der Waals surface area (Å²) in [5.41, 5.74) is 1.06. The first-order valence-electron chi connectivity index (χ1n) is 5.72. The Morgan fingerprint density at radius 3 is 2.88 bits per heavy atom. The van der Waals surface area contributed by atoms with Gasteiger partial charge in [-0.3, -0.25) is 4.79 Å². The van der Waals surface area contributed by atoms with Gasteiger partial charge < -0.3 is 9.64 Å². The second-order valence-corrected chi connectivity index (χ2v) is 3.86. The first-order valence-corrected chi connectivity index (χ1v) is 5.72. The van der Waals surface area contributed by atoms with Crippen LogP contribution in [0.2, 0.25) is 0 Å². The number of hydrogen-bond donors (Lipinski definition) is 0. The smallest absolute Gasteiger partial charge is 0.246 e. The van der Waals surface area contributed by atoms with Crippen LogP contribution < -0.4 is 4.74 Å². The minimum absolute atomic E-state index is 0.0228. The highest BCUT2D eigenvalue weighted by Crippen LogP contribution is 2.13. The number of hydrogen-bond acceptors (Lipinski definition) is 2. The molecule has 17 heavy (non-hydrogen) atoms. The van der Waals surface area contributed by atoms with E-state index in [0.29, 0.717) is 6.54 Å². The molecule has 1 rings (SSSR count). The Morgan fingerprint density at radius 2 is 2.24 bits per heavy atom. The third-order valence-corrected chi connectivity index (χ3v) is 2.43. The third-order valence-electron chi connectivity index (χ3n) is 2.43. The van der Waals surface area contributed by atoms with E-state index in [4.69, 9.17) is 4.74 Å². The van der Waals surface area contributed by atoms with Crippen LogP contribution in [0.25, 0.3) is 0 Å². The van der Waals surface area contributed by atoms with Crippen molar-refractivity contribution in [1.82, 2.24) is 4.90 Å². The lowest BCUT2D eigenvalue weighted by molar-refractivity contribution is -0.125. The first kappa shape index (κ1) is 13.3. The van der Waals surface area contributed by atoms with Crippen molar-refractivity contribution in [2.45, 2.75) is 19.9 Å². The first-order chi connectivity index (χ1) is 8.17. The number of carbonyl (C=O) groups excluding carboxylic acids is 1. The maximum Gasteiger partial charge on any atom is 0.246 e. The molecular formula is C14H19NO2. The van der Waals surface area contributed by atoms with E-state index in [9.17, 15) is 4.79 Å². The van der Waals surface area contributed by atoms with Gasteiger partial charge in [0.25, 0.3) is 0 Å². The summed E-state index contributed by atoms with van der Waals surface area (Å²) in [5.74, 6) is 0.835. The number of amides is 1. The van der Waals surface area contributed by atoms with Gasteiger partial charge >= 0.3 is 0 Å². The van der Waals surface area contributed by atoms with Crippen molar-refractivity contribution in [2.24, 2.45) is 0 Å². The van der Waals surface area contributed by atoms with Crippen molar-refractivity contribution in [3.8, 4) is 5.75 Å². The molecule has 0 saturated heterocycles. The fourth-order valence-electron chi connectivity index (χ4n) is 1.47. The number of benzene rings is 1. The van der Waals surface area contributed by atoms with E-state index in [0.717, 1.165) is 17.7 Å². The maximum absolute atomic E-state index is 11.7. The SMILES string of the molecule is CC/C=C/C(=O)N(C)Cc1cccc(OC)c1. The molecule has 0 fully saturated rings. The second kappa shape index (κ2) is 6.74. The predicted molar refractivity (Wildman–Crippen MR) is 68.9 cm³/mol. The van der Waals surface area contributed by atoms with Crippen molar-refractivity contribution < 1.29 is 9.53 Å². The lowest BCUT2D eigenvalue weighted by Crippen LogP contribution is -2.24. The summed E-state index contributed by atoms with van der Waals surface area (Å²) in [5, 5.41) is 0. The molecule has 3 nitrogen and oxygen atoms in total. The summed E-state index contributed by atoms with van der Waals surface area (Å²) >= 11 is 0. The Balaban J connectivity index is 2.63. The number of likely N-dealkylation sites (N-methyl/N-ethyl adjacent to an activating group) is 1. The van der Waals surface area contributed by atoms with Gasteiger partial charge in [-0.2, -0.15) is 0 Å². The monoisotopic (exact) mass is 233 g/mol. The molecule has 0 saturated carbocycles. The van der Waals surface area contributed by atoms with Crippen LogP contribution in [0.1, 0.15) is 18.9 Å².